The molecule has 1 aromatic rings. The predicted molar refractivity (Wildman–Crippen MR) is 93.4 cm³/mol. The topological polar surface area (TPSA) is 52.7 Å². The van der Waals surface area contributed by atoms with E-state index in [0.717, 1.165) is 19.4 Å². The molecule has 0 aliphatic carbocycles. The summed E-state index contributed by atoms with van der Waals surface area (Å²) in [6, 6.07) is 4.48. The van der Waals surface area contributed by atoms with Crippen molar-refractivity contribution < 1.29 is 9.59 Å². The van der Waals surface area contributed by atoms with Crippen LogP contribution in [0.15, 0.2) is 17.5 Å². The van der Waals surface area contributed by atoms with Crippen LogP contribution in [0.2, 0.25) is 0 Å². The molecule has 5 nitrogen and oxygen atoms in total. The van der Waals surface area contributed by atoms with Gasteiger partial charge >= 0.3 is 0 Å². The van der Waals surface area contributed by atoms with Gasteiger partial charge in [-0.05, 0) is 44.7 Å². The average Bonchev–Trinajstić information content (AvgIpc) is 3.15. The van der Waals surface area contributed by atoms with Crippen LogP contribution in [-0.4, -0.2) is 53.8 Å². The van der Waals surface area contributed by atoms with Gasteiger partial charge in [-0.1, -0.05) is 13.0 Å². The lowest BCUT2D eigenvalue weighted by Gasteiger charge is -2.27. The van der Waals surface area contributed by atoms with E-state index in [-0.39, 0.29) is 30.4 Å². The smallest absolute Gasteiger partial charge is 0.237 e. The zero-order chi connectivity index (χ0) is 16.8. The fourth-order valence-corrected chi connectivity index (χ4v) is 3.85. The normalized spacial score (nSPS) is 18.0. The van der Waals surface area contributed by atoms with Gasteiger partial charge in [-0.3, -0.25) is 14.5 Å². The van der Waals surface area contributed by atoms with Crippen molar-refractivity contribution in [1.29, 1.82) is 0 Å². The Hall–Kier alpha value is -1.40. The number of hydrogen-bond acceptors (Lipinski definition) is 4. The zero-order valence-electron chi connectivity index (χ0n) is 14.2. The number of thiophene rings is 1. The van der Waals surface area contributed by atoms with E-state index in [0.29, 0.717) is 13.1 Å². The van der Waals surface area contributed by atoms with Gasteiger partial charge in [-0.15, -0.1) is 11.3 Å². The molecule has 23 heavy (non-hydrogen) atoms. The van der Waals surface area contributed by atoms with Crippen molar-refractivity contribution in [2.45, 2.75) is 45.7 Å². The van der Waals surface area contributed by atoms with E-state index < -0.39 is 0 Å². The highest BCUT2D eigenvalue weighted by molar-refractivity contribution is 7.10. The molecule has 0 bridgehead atoms. The van der Waals surface area contributed by atoms with Crippen molar-refractivity contribution in [2.75, 3.05) is 26.2 Å². The Balaban J connectivity index is 1.92. The van der Waals surface area contributed by atoms with Crippen LogP contribution in [0.25, 0.3) is 0 Å². The summed E-state index contributed by atoms with van der Waals surface area (Å²) < 4.78 is 0. The van der Waals surface area contributed by atoms with Crippen molar-refractivity contribution in [1.82, 2.24) is 15.1 Å². The minimum atomic E-state index is -0.0223. The molecule has 1 unspecified atom stereocenters. The van der Waals surface area contributed by atoms with Crippen LogP contribution in [0.1, 0.15) is 44.5 Å². The molecule has 1 N–H and O–H groups in total. The van der Waals surface area contributed by atoms with Crippen LogP contribution < -0.4 is 5.32 Å². The van der Waals surface area contributed by atoms with Gasteiger partial charge in [-0.25, -0.2) is 0 Å². The first kappa shape index (κ1) is 17.9. The Morgan fingerprint density at radius 3 is 2.83 bits per heavy atom. The first-order valence-corrected chi connectivity index (χ1v) is 9.23. The van der Waals surface area contributed by atoms with Gasteiger partial charge in [-0.2, -0.15) is 0 Å². The SMILES string of the molecule is CCN(CC(=O)NC(C)C)CC(=O)N1CCCC1c1cccs1. The molecule has 0 spiro atoms. The Morgan fingerprint density at radius 1 is 1.43 bits per heavy atom. The third kappa shape index (κ3) is 5.04. The second-order valence-corrected chi connectivity index (χ2v) is 7.27. The highest BCUT2D eigenvalue weighted by Gasteiger charge is 2.31. The molecule has 2 amide bonds. The van der Waals surface area contributed by atoms with Gasteiger partial charge in [0.15, 0.2) is 0 Å². The number of amides is 2. The van der Waals surface area contributed by atoms with Crippen LogP contribution in [-0.2, 0) is 9.59 Å². The van der Waals surface area contributed by atoms with Crippen LogP contribution in [0.5, 0.6) is 0 Å². The van der Waals surface area contributed by atoms with Crippen LogP contribution in [0.3, 0.4) is 0 Å². The van der Waals surface area contributed by atoms with Crippen molar-refractivity contribution in [3.05, 3.63) is 22.4 Å². The largest absolute Gasteiger partial charge is 0.353 e. The van der Waals surface area contributed by atoms with E-state index in [1.165, 1.54) is 4.88 Å². The van der Waals surface area contributed by atoms with Crippen molar-refractivity contribution >= 4 is 23.2 Å². The summed E-state index contributed by atoms with van der Waals surface area (Å²) in [6.07, 6.45) is 2.08. The maximum atomic E-state index is 12.7. The van der Waals surface area contributed by atoms with E-state index in [1.54, 1.807) is 11.3 Å². The molecule has 6 heteroatoms. The Labute approximate surface area is 142 Å². The molecule has 1 aliphatic heterocycles. The first-order chi connectivity index (χ1) is 11.0. The number of nitrogens with zero attached hydrogens (tertiary/aromatic N) is 2. The number of hydrogen-bond donors (Lipinski definition) is 1. The fourth-order valence-electron chi connectivity index (χ4n) is 2.97. The summed E-state index contributed by atoms with van der Waals surface area (Å²) in [5.74, 6) is 0.103. The Kier molecular flexibility index (Phi) is 6.59. The number of nitrogens with one attached hydrogen (secondary N) is 1. The minimum absolute atomic E-state index is 0.0223. The van der Waals surface area contributed by atoms with E-state index in [4.69, 9.17) is 0 Å². The van der Waals surface area contributed by atoms with Crippen molar-refractivity contribution in [3.63, 3.8) is 0 Å². The van der Waals surface area contributed by atoms with Gasteiger partial charge in [0.1, 0.15) is 0 Å². The van der Waals surface area contributed by atoms with Gasteiger partial charge < -0.3 is 10.2 Å². The maximum Gasteiger partial charge on any atom is 0.237 e. The third-order valence-electron chi connectivity index (χ3n) is 4.07. The fraction of sp³-hybridized carbons (Fsp3) is 0.647. The van der Waals surface area contributed by atoms with Crippen molar-refractivity contribution in [3.8, 4) is 0 Å². The number of carbonyl (C=O) groups is 2. The van der Waals surface area contributed by atoms with Gasteiger partial charge in [0.25, 0.3) is 0 Å². The van der Waals surface area contributed by atoms with Crippen LogP contribution in [0, 0.1) is 0 Å². The second kappa shape index (κ2) is 8.45. The van der Waals surface area contributed by atoms with Crippen LogP contribution >= 0.6 is 11.3 Å². The van der Waals surface area contributed by atoms with Crippen LogP contribution in [0.4, 0.5) is 0 Å². The molecule has 1 fully saturated rings. The van der Waals surface area contributed by atoms with E-state index >= 15 is 0 Å². The molecule has 1 aromatic heterocycles. The monoisotopic (exact) mass is 337 g/mol. The summed E-state index contributed by atoms with van der Waals surface area (Å²) in [5, 5.41) is 4.94. The molecule has 0 aromatic carbocycles. The number of likely N-dealkylation sites (N-methyl/N-ethyl adjacent to an activating group) is 1. The molecule has 128 valence electrons. The maximum absolute atomic E-state index is 12.7. The summed E-state index contributed by atoms with van der Waals surface area (Å²) >= 11 is 1.71. The predicted octanol–water partition coefficient (Wildman–Crippen LogP) is 2.26. The van der Waals surface area contributed by atoms with Crippen molar-refractivity contribution in [2.24, 2.45) is 0 Å². The standard InChI is InChI=1S/C17H27N3O2S/c1-4-19(11-16(21)18-13(2)3)12-17(22)20-9-5-7-14(20)15-8-6-10-23-15/h6,8,10,13-14H,4-5,7,9,11-12H2,1-3H3,(H,18,21). The summed E-state index contributed by atoms with van der Waals surface area (Å²) in [5.41, 5.74) is 0. The van der Waals surface area contributed by atoms with E-state index in [2.05, 4.69) is 16.8 Å². The molecule has 0 saturated carbocycles. The lowest BCUT2D eigenvalue weighted by molar-refractivity contribution is -0.134. The number of rotatable bonds is 7. The van der Waals surface area contributed by atoms with E-state index in [1.807, 2.05) is 36.6 Å². The highest BCUT2D eigenvalue weighted by Crippen LogP contribution is 2.34. The Bertz CT molecular complexity index is 516. The molecular formula is C17H27N3O2S. The third-order valence-corrected chi connectivity index (χ3v) is 5.04. The molecular weight excluding hydrogens is 310 g/mol. The Morgan fingerprint density at radius 2 is 2.22 bits per heavy atom. The second-order valence-electron chi connectivity index (χ2n) is 6.29. The summed E-state index contributed by atoms with van der Waals surface area (Å²) in [7, 11) is 0. The summed E-state index contributed by atoms with van der Waals surface area (Å²) in [6.45, 7) is 7.95. The molecule has 2 rings (SSSR count). The minimum Gasteiger partial charge on any atom is -0.353 e. The molecule has 1 aliphatic rings. The quantitative estimate of drug-likeness (QED) is 0.830. The van der Waals surface area contributed by atoms with Gasteiger partial charge in [0, 0.05) is 17.5 Å². The first-order valence-electron chi connectivity index (χ1n) is 8.35. The molecule has 1 atom stereocenters. The average molecular weight is 337 g/mol. The van der Waals surface area contributed by atoms with E-state index in [9.17, 15) is 9.59 Å². The van der Waals surface area contributed by atoms with Gasteiger partial charge in [0.05, 0.1) is 19.1 Å². The lowest BCUT2D eigenvalue weighted by Crippen LogP contribution is -2.45. The lowest BCUT2D eigenvalue weighted by atomic mass is 10.2. The molecule has 1 saturated heterocycles. The molecule has 0 radical (unpaired) electrons. The van der Waals surface area contributed by atoms with Gasteiger partial charge in [0.2, 0.25) is 11.8 Å². The summed E-state index contributed by atoms with van der Waals surface area (Å²) in [4.78, 5) is 29.7. The number of likely N-dealkylation sites (tertiary alicyclic amines) is 1. The highest BCUT2D eigenvalue weighted by atomic mass is 32.1. The molecule has 2 heterocycles. The number of carbonyl (C=O) groups excluding carboxylic acids is 2. The zero-order valence-corrected chi connectivity index (χ0v) is 15.1.